The van der Waals surface area contributed by atoms with Crippen molar-refractivity contribution in [1.29, 1.82) is 0 Å². The van der Waals surface area contributed by atoms with E-state index in [4.69, 9.17) is 9.26 Å². The number of carbonyl (C=O) groups is 1. The highest BCUT2D eigenvalue weighted by Gasteiger charge is 2.28. The molecule has 0 atom stereocenters. The number of carbonyl (C=O) groups excluding carboxylic acids is 1. The quantitative estimate of drug-likeness (QED) is 0.348. The second-order valence-corrected chi connectivity index (χ2v) is 8.94. The summed E-state index contributed by atoms with van der Waals surface area (Å²) < 4.78 is 25.5. The first kappa shape index (κ1) is 23.8. The van der Waals surface area contributed by atoms with Crippen molar-refractivity contribution in [1.82, 2.24) is 10.1 Å². The summed E-state index contributed by atoms with van der Waals surface area (Å²) in [5.41, 5.74) is 4.82. The second-order valence-electron chi connectivity index (χ2n) is 8.94. The van der Waals surface area contributed by atoms with E-state index >= 15 is 0 Å². The topological polar surface area (TPSA) is 58.8 Å². The van der Waals surface area contributed by atoms with Gasteiger partial charge in [0.2, 0.25) is 5.88 Å². The molecular weight excluding hydrogens is 457 g/mol. The van der Waals surface area contributed by atoms with Crippen molar-refractivity contribution in [3.8, 4) is 11.3 Å². The lowest BCUT2D eigenvalue weighted by molar-refractivity contribution is 0.0729. The fourth-order valence-electron chi connectivity index (χ4n) is 4.48. The lowest BCUT2D eigenvalue weighted by atomic mass is 10.0. The van der Waals surface area contributed by atoms with Crippen LogP contribution in [0.1, 0.15) is 27.0 Å². The number of aromatic nitrogens is 1. The average molecular weight is 486 g/mol. The third-order valence-electron chi connectivity index (χ3n) is 6.28. The number of hydrogen-bond acceptors (Lipinski definition) is 5. The van der Waals surface area contributed by atoms with Crippen molar-refractivity contribution in [2.24, 2.45) is 0 Å². The molecule has 1 aliphatic heterocycles. The van der Waals surface area contributed by atoms with E-state index in [1.54, 1.807) is 17.0 Å². The van der Waals surface area contributed by atoms with Crippen LogP contribution in [0.25, 0.3) is 11.3 Å². The van der Waals surface area contributed by atoms with Crippen LogP contribution in [0.5, 0.6) is 0 Å². The Balaban J connectivity index is 1.57. The number of hydrogen-bond donors (Lipinski definition) is 0. The van der Waals surface area contributed by atoms with Gasteiger partial charge < -0.3 is 19.1 Å². The average Bonchev–Trinajstić information content (AvgIpc) is 3.32. The Hall–Kier alpha value is -3.97. The van der Waals surface area contributed by atoms with Gasteiger partial charge in [0.05, 0.1) is 25.3 Å². The maximum atomic E-state index is 14.0. The molecule has 5 rings (SSSR count). The molecular formula is C29H28FN3O3. The van der Waals surface area contributed by atoms with Gasteiger partial charge >= 0.3 is 0 Å². The van der Waals surface area contributed by atoms with Gasteiger partial charge in [0.15, 0.2) is 0 Å². The van der Waals surface area contributed by atoms with Gasteiger partial charge in [0, 0.05) is 30.8 Å². The number of amides is 1. The molecule has 4 aromatic rings. The monoisotopic (exact) mass is 485 g/mol. The van der Waals surface area contributed by atoms with Gasteiger partial charge in [-0.3, -0.25) is 4.79 Å². The first-order valence-electron chi connectivity index (χ1n) is 12.1. The minimum Gasteiger partial charge on any atom is -0.378 e. The zero-order valence-corrected chi connectivity index (χ0v) is 20.2. The van der Waals surface area contributed by atoms with Crippen LogP contribution in [-0.4, -0.2) is 42.3 Å². The van der Waals surface area contributed by atoms with E-state index in [0.717, 1.165) is 22.3 Å². The van der Waals surface area contributed by atoms with Crippen molar-refractivity contribution in [3.63, 3.8) is 0 Å². The van der Waals surface area contributed by atoms with Crippen LogP contribution in [0.3, 0.4) is 0 Å². The molecule has 1 amide bonds. The summed E-state index contributed by atoms with van der Waals surface area (Å²) in [7, 11) is 0. The summed E-state index contributed by atoms with van der Waals surface area (Å²) in [4.78, 5) is 17.5. The second kappa shape index (κ2) is 10.7. The SMILES string of the molecule is Cc1cccc(-c2noc(N3CCOCC3)c2CN(Cc2ccccc2)C(=O)c2cccc(F)c2)c1. The van der Waals surface area contributed by atoms with Crippen LogP contribution in [-0.2, 0) is 17.8 Å². The van der Waals surface area contributed by atoms with Crippen molar-refractivity contribution in [2.75, 3.05) is 31.2 Å². The molecule has 7 heteroatoms. The highest BCUT2D eigenvalue weighted by molar-refractivity contribution is 5.94. The fourth-order valence-corrected chi connectivity index (χ4v) is 4.48. The van der Waals surface area contributed by atoms with Crippen LogP contribution < -0.4 is 4.90 Å². The smallest absolute Gasteiger partial charge is 0.254 e. The van der Waals surface area contributed by atoms with E-state index in [1.165, 1.54) is 12.1 Å². The third-order valence-corrected chi connectivity index (χ3v) is 6.28. The highest BCUT2D eigenvalue weighted by atomic mass is 19.1. The van der Waals surface area contributed by atoms with Gasteiger partial charge in [-0.25, -0.2) is 4.39 Å². The predicted octanol–water partition coefficient (Wildman–Crippen LogP) is 5.47. The molecule has 0 unspecified atom stereocenters. The largest absolute Gasteiger partial charge is 0.378 e. The molecule has 1 aliphatic rings. The molecule has 0 bridgehead atoms. The lowest BCUT2D eigenvalue weighted by Crippen LogP contribution is -2.37. The molecule has 0 spiro atoms. The van der Waals surface area contributed by atoms with Gasteiger partial charge in [-0.1, -0.05) is 65.3 Å². The molecule has 0 aliphatic carbocycles. The maximum absolute atomic E-state index is 14.0. The van der Waals surface area contributed by atoms with E-state index in [2.05, 4.69) is 16.1 Å². The van der Waals surface area contributed by atoms with Gasteiger partial charge in [0.25, 0.3) is 5.91 Å². The Kier molecular flexibility index (Phi) is 7.09. The summed E-state index contributed by atoms with van der Waals surface area (Å²) in [6.45, 7) is 5.17. The summed E-state index contributed by atoms with van der Waals surface area (Å²) >= 11 is 0. The molecule has 0 saturated carbocycles. The zero-order valence-electron chi connectivity index (χ0n) is 20.2. The molecule has 0 radical (unpaired) electrons. The molecule has 184 valence electrons. The van der Waals surface area contributed by atoms with Crippen molar-refractivity contribution in [3.05, 3.63) is 107 Å². The van der Waals surface area contributed by atoms with Crippen LogP contribution in [0, 0.1) is 12.7 Å². The summed E-state index contributed by atoms with van der Waals surface area (Å²) in [5, 5.41) is 4.45. The Bertz CT molecular complexity index is 1330. The number of halogens is 1. The van der Waals surface area contributed by atoms with Gasteiger partial charge in [-0.2, -0.15) is 0 Å². The number of ether oxygens (including phenoxy) is 1. The number of nitrogens with zero attached hydrogens (tertiary/aromatic N) is 3. The van der Waals surface area contributed by atoms with E-state index in [-0.39, 0.29) is 12.5 Å². The normalized spacial score (nSPS) is 13.6. The number of benzene rings is 3. The number of morpholine rings is 1. The molecule has 36 heavy (non-hydrogen) atoms. The highest BCUT2D eigenvalue weighted by Crippen LogP contribution is 2.34. The maximum Gasteiger partial charge on any atom is 0.254 e. The molecule has 1 aromatic heterocycles. The minimum atomic E-state index is -0.444. The standard InChI is InChI=1S/C29H28FN3O3/c1-21-7-5-10-23(17-21)27-26(29(36-31-27)32-13-15-35-16-14-32)20-33(19-22-8-3-2-4-9-22)28(34)24-11-6-12-25(30)18-24/h2-12,17-18H,13-16,19-20H2,1H3. The minimum absolute atomic E-state index is 0.254. The van der Waals surface area contributed by atoms with Crippen molar-refractivity contribution >= 4 is 11.8 Å². The Morgan fingerprint density at radius 3 is 2.50 bits per heavy atom. The fraction of sp³-hybridized carbons (Fsp3) is 0.241. The van der Waals surface area contributed by atoms with Gasteiger partial charge in [0.1, 0.15) is 11.5 Å². The van der Waals surface area contributed by atoms with Crippen molar-refractivity contribution < 1.29 is 18.4 Å². The van der Waals surface area contributed by atoms with E-state index in [1.807, 2.05) is 55.5 Å². The molecule has 3 aromatic carbocycles. The Morgan fingerprint density at radius 2 is 1.75 bits per heavy atom. The number of anilines is 1. The third kappa shape index (κ3) is 5.31. The van der Waals surface area contributed by atoms with Gasteiger partial charge in [-0.05, 0) is 36.8 Å². The molecule has 2 heterocycles. The Morgan fingerprint density at radius 1 is 0.972 bits per heavy atom. The molecule has 6 nitrogen and oxygen atoms in total. The summed E-state index contributed by atoms with van der Waals surface area (Å²) in [5.74, 6) is -0.0671. The zero-order chi connectivity index (χ0) is 24.9. The predicted molar refractivity (Wildman–Crippen MR) is 136 cm³/mol. The lowest BCUT2D eigenvalue weighted by Gasteiger charge is -2.28. The van der Waals surface area contributed by atoms with Crippen LogP contribution >= 0.6 is 0 Å². The van der Waals surface area contributed by atoms with E-state index in [0.29, 0.717) is 50.0 Å². The van der Waals surface area contributed by atoms with E-state index in [9.17, 15) is 9.18 Å². The summed E-state index contributed by atoms with van der Waals surface area (Å²) in [6, 6.07) is 23.6. The van der Waals surface area contributed by atoms with Crippen LogP contribution in [0.2, 0.25) is 0 Å². The first-order chi connectivity index (χ1) is 17.6. The Labute approximate surface area is 209 Å². The number of aryl methyl sites for hydroxylation is 1. The molecule has 1 fully saturated rings. The van der Waals surface area contributed by atoms with Crippen LogP contribution in [0.4, 0.5) is 10.3 Å². The van der Waals surface area contributed by atoms with Crippen molar-refractivity contribution in [2.45, 2.75) is 20.0 Å². The van der Waals surface area contributed by atoms with Crippen LogP contribution in [0.15, 0.2) is 83.4 Å². The molecule has 1 saturated heterocycles. The summed E-state index contributed by atoms with van der Waals surface area (Å²) in [6.07, 6.45) is 0. The number of rotatable bonds is 7. The molecule has 0 N–H and O–H groups in total. The van der Waals surface area contributed by atoms with Gasteiger partial charge in [-0.15, -0.1) is 0 Å². The first-order valence-corrected chi connectivity index (χ1v) is 12.1. The van der Waals surface area contributed by atoms with E-state index < -0.39 is 5.82 Å².